The van der Waals surface area contributed by atoms with Crippen LogP contribution in [0.5, 0.6) is 11.5 Å². The van der Waals surface area contributed by atoms with Gasteiger partial charge in [-0.25, -0.2) is 9.59 Å². The third-order valence-corrected chi connectivity index (χ3v) is 6.55. The summed E-state index contributed by atoms with van der Waals surface area (Å²) in [7, 11) is 5.63. The number of nitrogens with zero attached hydrogens (tertiary/aromatic N) is 3. The van der Waals surface area contributed by atoms with Gasteiger partial charge in [-0.15, -0.1) is 0 Å². The lowest BCUT2D eigenvalue weighted by Gasteiger charge is -2.36. The second-order valence-electron chi connectivity index (χ2n) is 8.71. The molecule has 2 aromatic rings. The van der Waals surface area contributed by atoms with E-state index in [1.54, 1.807) is 55.7 Å². The first-order chi connectivity index (χ1) is 18.9. The Labute approximate surface area is 227 Å². The van der Waals surface area contributed by atoms with Crippen LogP contribution in [-0.4, -0.2) is 77.4 Å². The van der Waals surface area contributed by atoms with E-state index >= 15 is 0 Å². The second-order valence-corrected chi connectivity index (χ2v) is 8.71. The summed E-state index contributed by atoms with van der Waals surface area (Å²) in [5, 5.41) is 0. The first-order valence-corrected chi connectivity index (χ1v) is 12.3. The van der Waals surface area contributed by atoms with Gasteiger partial charge in [-0.1, -0.05) is 6.08 Å². The first kappa shape index (κ1) is 27.3. The van der Waals surface area contributed by atoms with Crippen LogP contribution in [0.15, 0.2) is 78.2 Å². The molecule has 0 aromatic heterocycles. The van der Waals surface area contributed by atoms with E-state index in [4.69, 9.17) is 18.9 Å². The standard InChI is InChI=1S/C29H31N3O7/c1-36-23-17-20(18-24(19-23)37-2)27(33)31-15-13-30(14-16-31)21-8-10-22(11-9-21)32-12-6-5-7-25(28(34)38-3)26(32)29(35)39-4/h5-12,17-19H,13-16H2,1-4H3. The van der Waals surface area contributed by atoms with Crippen molar-refractivity contribution in [3.8, 4) is 11.5 Å². The SMILES string of the molecule is COC(=O)C1=C(C(=O)OC)N(c2ccc(N3CCN(C(=O)c4cc(OC)cc(OC)c4)CC3)cc2)C=CC=C1. The molecule has 0 atom stereocenters. The molecule has 2 aliphatic rings. The monoisotopic (exact) mass is 533 g/mol. The van der Waals surface area contributed by atoms with E-state index in [1.165, 1.54) is 20.3 Å². The fourth-order valence-corrected chi connectivity index (χ4v) is 4.47. The summed E-state index contributed by atoms with van der Waals surface area (Å²) in [4.78, 5) is 43.8. The van der Waals surface area contributed by atoms with Gasteiger partial charge < -0.3 is 33.6 Å². The number of methoxy groups -OCH3 is 4. The van der Waals surface area contributed by atoms with E-state index in [1.807, 2.05) is 29.2 Å². The number of anilines is 2. The number of hydrogen-bond acceptors (Lipinski definition) is 9. The topological polar surface area (TPSA) is 97.9 Å². The van der Waals surface area contributed by atoms with Crippen molar-refractivity contribution in [1.29, 1.82) is 0 Å². The van der Waals surface area contributed by atoms with Gasteiger partial charge in [-0.05, 0) is 48.6 Å². The molecule has 204 valence electrons. The molecule has 0 N–H and O–H groups in total. The molecule has 0 saturated carbocycles. The molecule has 39 heavy (non-hydrogen) atoms. The molecule has 10 heteroatoms. The van der Waals surface area contributed by atoms with Gasteiger partial charge in [-0.2, -0.15) is 0 Å². The van der Waals surface area contributed by atoms with Crippen molar-refractivity contribution in [2.75, 3.05) is 64.4 Å². The summed E-state index contributed by atoms with van der Waals surface area (Å²) in [6.07, 6.45) is 6.59. The third-order valence-electron chi connectivity index (χ3n) is 6.55. The zero-order valence-electron chi connectivity index (χ0n) is 22.4. The third kappa shape index (κ3) is 5.90. The maximum atomic E-state index is 13.1. The molecule has 1 saturated heterocycles. The lowest BCUT2D eigenvalue weighted by molar-refractivity contribution is -0.139. The van der Waals surface area contributed by atoms with Gasteiger partial charge in [0.2, 0.25) is 0 Å². The molecule has 2 aliphatic heterocycles. The van der Waals surface area contributed by atoms with Gasteiger partial charge >= 0.3 is 11.9 Å². The van der Waals surface area contributed by atoms with Crippen LogP contribution < -0.4 is 19.3 Å². The highest BCUT2D eigenvalue weighted by atomic mass is 16.5. The smallest absolute Gasteiger partial charge is 0.355 e. The van der Waals surface area contributed by atoms with Gasteiger partial charge in [-0.3, -0.25) is 4.79 Å². The molecular weight excluding hydrogens is 502 g/mol. The molecule has 4 rings (SSSR count). The number of carbonyl (C=O) groups excluding carboxylic acids is 3. The number of piperazine rings is 1. The van der Waals surface area contributed by atoms with Crippen LogP contribution in [0.1, 0.15) is 10.4 Å². The van der Waals surface area contributed by atoms with Gasteiger partial charge in [0.15, 0.2) is 0 Å². The van der Waals surface area contributed by atoms with Crippen molar-refractivity contribution in [3.05, 3.63) is 83.7 Å². The van der Waals surface area contributed by atoms with E-state index in [2.05, 4.69) is 4.90 Å². The number of carbonyl (C=O) groups is 3. The van der Waals surface area contributed by atoms with Gasteiger partial charge in [0, 0.05) is 55.4 Å². The summed E-state index contributed by atoms with van der Waals surface area (Å²) in [5.41, 5.74) is 2.31. The minimum absolute atomic E-state index is 0.0587. The van der Waals surface area contributed by atoms with Crippen LogP contribution in [0.4, 0.5) is 11.4 Å². The Bertz CT molecular complexity index is 1300. The van der Waals surface area contributed by atoms with Gasteiger partial charge in [0.1, 0.15) is 17.2 Å². The van der Waals surface area contributed by atoms with Crippen LogP contribution in [0, 0.1) is 0 Å². The number of hydrogen-bond donors (Lipinski definition) is 0. The molecule has 1 fully saturated rings. The minimum atomic E-state index is -0.662. The van der Waals surface area contributed by atoms with Crippen molar-refractivity contribution in [2.24, 2.45) is 0 Å². The molecule has 1 amide bonds. The highest BCUT2D eigenvalue weighted by Gasteiger charge is 2.28. The second kappa shape index (κ2) is 12.2. The Hall–Kier alpha value is -4.73. The van der Waals surface area contributed by atoms with Crippen LogP contribution >= 0.6 is 0 Å². The van der Waals surface area contributed by atoms with Crippen molar-refractivity contribution >= 4 is 29.2 Å². The van der Waals surface area contributed by atoms with Crippen LogP contribution in [0.25, 0.3) is 0 Å². The zero-order chi connectivity index (χ0) is 27.9. The molecule has 0 spiro atoms. The lowest BCUT2D eigenvalue weighted by atomic mass is 10.1. The fraction of sp³-hybridized carbons (Fsp3) is 0.276. The average molecular weight is 534 g/mol. The maximum Gasteiger partial charge on any atom is 0.355 e. The zero-order valence-corrected chi connectivity index (χ0v) is 22.4. The summed E-state index contributed by atoms with van der Waals surface area (Å²) in [5.74, 6) is -0.250. The van der Waals surface area contributed by atoms with Crippen molar-refractivity contribution in [1.82, 2.24) is 4.90 Å². The van der Waals surface area contributed by atoms with Crippen molar-refractivity contribution in [2.45, 2.75) is 0 Å². The number of rotatable bonds is 7. The number of ether oxygens (including phenoxy) is 4. The van der Waals surface area contributed by atoms with Crippen LogP contribution in [0.3, 0.4) is 0 Å². The molecule has 10 nitrogen and oxygen atoms in total. The predicted molar refractivity (Wildman–Crippen MR) is 146 cm³/mol. The largest absolute Gasteiger partial charge is 0.497 e. The van der Waals surface area contributed by atoms with E-state index in [0.29, 0.717) is 48.9 Å². The highest BCUT2D eigenvalue weighted by molar-refractivity contribution is 6.05. The van der Waals surface area contributed by atoms with E-state index in [0.717, 1.165) is 5.69 Å². The highest BCUT2D eigenvalue weighted by Crippen LogP contribution is 2.29. The number of allylic oxidation sites excluding steroid dienone is 2. The van der Waals surface area contributed by atoms with Crippen molar-refractivity contribution in [3.63, 3.8) is 0 Å². The molecule has 2 aromatic carbocycles. The lowest BCUT2D eigenvalue weighted by Crippen LogP contribution is -2.48. The van der Waals surface area contributed by atoms with Crippen LogP contribution in [-0.2, 0) is 19.1 Å². The molecule has 0 bridgehead atoms. The van der Waals surface area contributed by atoms with E-state index < -0.39 is 11.9 Å². The van der Waals surface area contributed by atoms with E-state index in [9.17, 15) is 14.4 Å². The summed E-state index contributed by atoms with van der Waals surface area (Å²) in [6, 6.07) is 12.8. The summed E-state index contributed by atoms with van der Waals surface area (Å²) in [6.45, 7) is 2.41. The number of amides is 1. The predicted octanol–water partition coefficient (Wildman–Crippen LogP) is 3.16. The minimum Gasteiger partial charge on any atom is -0.497 e. The first-order valence-electron chi connectivity index (χ1n) is 12.3. The van der Waals surface area contributed by atoms with E-state index in [-0.39, 0.29) is 17.2 Å². The van der Waals surface area contributed by atoms with Crippen LogP contribution in [0.2, 0.25) is 0 Å². The molecule has 0 unspecified atom stereocenters. The summed E-state index contributed by atoms with van der Waals surface area (Å²) >= 11 is 0. The number of esters is 2. The summed E-state index contributed by atoms with van der Waals surface area (Å²) < 4.78 is 20.4. The molecular formula is C29H31N3O7. The fourth-order valence-electron chi connectivity index (χ4n) is 4.47. The Morgan fingerprint density at radius 2 is 1.31 bits per heavy atom. The Morgan fingerprint density at radius 1 is 0.718 bits per heavy atom. The molecule has 2 heterocycles. The quantitative estimate of drug-likeness (QED) is 0.497. The molecule has 0 aliphatic carbocycles. The normalized spacial score (nSPS) is 15.1. The number of benzene rings is 2. The maximum absolute atomic E-state index is 13.1. The Kier molecular flexibility index (Phi) is 8.55. The average Bonchev–Trinajstić information content (AvgIpc) is 3.23. The van der Waals surface area contributed by atoms with Gasteiger partial charge in [0.05, 0.1) is 34.0 Å². The Balaban J connectivity index is 1.48. The van der Waals surface area contributed by atoms with Gasteiger partial charge in [0.25, 0.3) is 5.91 Å². The van der Waals surface area contributed by atoms with Crippen molar-refractivity contribution < 1.29 is 33.3 Å². The molecule has 0 radical (unpaired) electrons. The Morgan fingerprint density at radius 3 is 1.87 bits per heavy atom.